The first-order valence-corrected chi connectivity index (χ1v) is 12.8. The Morgan fingerprint density at radius 3 is 2.38 bits per heavy atom. The average Bonchev–Trinajstić information content (AvgIpc) is 3.66. The van der Waals surface area contributed by atoms with Crippen LogP contribution in [0.2, 0.25) is 10.0 Å². The number of benzene rings is 2. The van der Waals surface area contributed by atoms with Crippen molar-refractivity contribution in [3.05, 3.63) is 75.4 Å². The van der Waals surface area contributed by atoms with Gasteiger partial charge in [-0.2, -0.15) is 18.4 Å². The molecule has 1 saturated heterocycles. The third-order valence-corrected chi connectivity index (χ3v) is 7.89. The van der Waals surface area contributed by atoms with Gasteiger partial charge in [0.25, 0.3) is 0 Å². The van der Waals surface area contributed by atoms with E-state index < -0.39 is 28.8 Å². The largest absolute Gasteiger partial charge is 0.416 e. The van der Waals surface area contributed by atoms with Crippen molar-refractivity contribution in [3.8, 4) is 17.2 Å². The fourth-order valence-corrected chi connectivity index (χ4v) is 5.58. The number of nitriles is 1. The SMILES string of the molecule is N#Cc1c(-c2ccc(Cl)cc2)cc(C2CC2)nc1S[C@H]1CC(=O)N(c2cc(C(F)(F)F)ccc2Cl)C1=O. The molecular formula is C26H16Cl2F3N3O2S. The summed E-state index contributed by atoms with van der Waals surface area (Å²) in [6, 6.07) is 13.5. The number of hydrogen-bond acceptors (Lipinski definition) is 5. The highest BCUT2D eigenvalue weighted by atomic mass is 35.5. The highest BCUT2D eigenvalue weighted by molar-refractivity contribution is 8.00. The van der Waals surface area contributed by atoms with Crippen LogP contribution in [0.4, 0.5) is 18.9 Å². The maximum atomic E-state index is 13.3. The first-order valence-electron chi connectivity index (χ1n) is 11.2. The number of thioether (sulfide) groups is 1. The third kappa shape index (κ3) is 5.06. The van der Waals surface area contributed by atoms with Gasteiger partial charge in [-0.3, -0.25) is 9.59 Å². The van der Waals surface area contributed by atoms with Crippen LogP contribution in [0.15, 0.2) is 53.6 Å². The molecule has 188 valence electrons. The van der Waals surface area contributed by atoms with Gasteiger partial charge in [0, 0.05) is 28.6 Å². The van der Waals surface area contributed by atoms with E-state index in [0.29, 0.717) is 26.6 Å². The van der Waals surface area contributed by atoms with E-state index in [4.69, 9.17) is 23.2 Å². The van der Waals surface area contributed by atoms with Gasteiger partial charge in [-0.25, -0.2) is 9.88 Å². The van der Waals surface area contributed by atoms with Crippen molar-refractivity contribution in [1.82, 2.24) is 4.98 Å². The third-order valence-electron chi connectivity index (χ3n) is 6.14. The molecule has 2 aromatic carbocycles. The smallest absolute Gasteiger partial charge is 0.274 e. The van der Waals surface area contributed by atoms with Crippen LogP contribution in [0.1, 0.15) is 42.0 Å². The lowest BCUT2D eigenvalue weighted by atomic mass is 10.0. The summed E-state index contributed by atoms with van der Waals surface area (Å²) in [5.41, 5.74) is 1.05. The number of hydrogen-bond donors (Lipinski definition) is 0. The minimum absolute atomic E-state index is 0.156. The fourth-order valence-electron chi connectivity index (χ4n) is 4.12. The van der Waals surface area contributed by atoms with Crippen molar-refractivity contribution in [2.75, 3.05) is 4.90 Å². The van der Waals surface area contributed by atoms with E-state index in [0.717, 1.165) is 48.0 Å². The van der Waals surface area contributed by atoms with Gasteiger partial charge < -0.3 is 0 Å². The summed E-state index contributed by atoms with van der Waals surface area (Å²) in [7, 11) is 0. The predicted octanol–water partition coefficient (Wildman–Crippen LogP) is 7.25. The summed E-state index contributed by atoms with van der Waals surface area (Å²) in [6.07, 6.45) is -3.05. The molecule has 3 aromatic rings. The van der Waals surface area contributed by atoms with Crippen molar-refractivity contribution in [2.45, 2.75) is 41.6 Å². The molecule has 2 amide bonds. The molecular weight excluding hydrogens is 546 g/mol. The predicted molar refractivity (Wildman–Crippen MR) is 135 cm³/mol. The summed E-state index contributed by atoms with van der Waals surface area (Å²) in [5, 5.41) is 9.70. The van der Waals surface area contributed by atoms with Crippen molar-refractivity contribution in [3.63, 3.8) is 0 Å². The zero-order chi connectivity index (χ0) is 26.5. The van der Waals surface area contributed by atoms with Crippen LogP contribution >= 0.6 is 35.0 Å². The first-order chi connectivity index (χ1) is 17.6. The van der Waals surface area contributed by atoms with Gasteiger partial charge in [-0.15, -0.1) is 0 Å². The zero-order valence-corrected chi connectivity index (χ0v) is 21.2. The van der Waals surface area contributed by atoms with Crippen molar-refractivity contribution in [1.29, 1.82) is 5.26 Å². The molecule has 2 fully saturated rings. The topological polar surface area (TPSA) is 74.1 Å². The maximum Gasteiger partial charge on any atom is 0.416 e. The lowest BCUT2D eigenvalue weighted by Gasteiger charge is -2.18. The van der Waals surface area contributed by atoms with Crippen LogP contribution in [0.3, 0.4) is 0 Å². The number of amides is 2. The van der Waals surface area contributed by atoms with Crippen LogP contribution in [0, 0.1) is 11.3 Å². The fraction of sp³-hybridized carbons (Fsp3) is 0.231. The van der Waals surface area contributed by atoms with Crippen molar-refractivity contribution >= 4 is 52.5 Å². The Morgan fingerprint density at radius 1 is 1.05 bits per heavy atom. The summed E-state index contributed by atoms with van der Waals surface area (Å²) in [5.74, 6) is -1.16. The van der Waals surface area contributed by atoms with E-state index in [1.165, 1.54) is 0 Å². The molecule has 0 spiro atoms. The molecule has 5 nitrogen and oxygen atoms in total. The molecule has 1 atom stereocenters. The highest BCUT2D eigenvalue weighted by Gasteiger charge is 2.43. The molecule has 1 aliphatic heterocycles. The Labute approximate surface area is 224 Å². The Hall–Kier alpha value is -3.06. The lowest BCUT2D eigenvalue weighted by Crippen LogP contribution is -2.31. The standard InChI is InChI=1S/C26H16Cl2F3N3O2S/c27-16-6-3-13(4-7-16)17-10-20(14-1-2-14)33-24(18(17)12-32)37-22-11-23(35)34(25(22)36)21-9-15(26(29,30)31)5-8-19(21)28/h3-10,14,22H,1-2,11H2/t22-/m0/s1. The molecule has 2 heterocycles. The van der Waals surface area contributed by atoms with Gasteiger partial charge in [-0.1, -0.05) is 47.1 Å². The number of alkyl halides is 3. The molecule has 37 heavy (non-hydrogen) atoms. The molecule has 2 aliphatic rings. The number of pyridine rings is 1. The summed E-state index contributed by atoms with van der Waals surface area (Å²) in [4.78, 5) is 31.4. The van der Waals surface area contributed by atoms with E-state index in [1.54, 1.807) is 24.3 Å². The number of anilines is 1. The molecule has 0 radical (unpaired) electrons. The second-order valence-electron chi connectivity index (χ2n) is 8.71. The normalized spacial score (nSPS) is 17.8. The Kier molecular flexibility index (Phi) is 6.69. The van der Waals surface area contributed by atoms with Gasteiger partial charge in [0.15, 0.2) is 0 Å². The Morgan fingerprint density at radius 2 is 1.76 bits per heavy atom. The molecule has 5 rings (SSSR count). The molecule has 0 bridgehead atoms. The zero-order valence-electron chi connectivity index (χ0n) is 18.9. The highest BCUT2D eigenvalue weighted by Crippen LogP contribution is 2.45. The maximum absolute atomic E-state index is 13.3. The van der Waals surface area contributed by atoms with E-state index in [1.807, 2.05) is 6.07 Å². The summed E-state index contributed by atoms with van der Waals surface area (Å²) < 4.78 is 39.8. The summed E-state index contributed by atoms with van der Waals surface area (Å²) >= 11 is 13.1. The number of nitrogens with zero attached hydrogens (tertiary/aromatic N) is 3. The van der Waals surface area contributed by atoms with Crippen LogP contribution < -0.4 is 4.90 Å². The number of imide groups is 1. The van der Waals surface area contributed by atoms with Gasteiger partial charge >= 0.3 is 6.18 Å². The Bertz CT molecular complexity index is 1470. The summed E-state index contributed by atoms with van der Waals surface area (Å²) in [6.45, 7) is 0. The van der Waals surface area contributed by atoms with Crippen molar-refractivity contribution < 1.29 is 22.8 Å². The molecule has 1 aromatic heterocycles. The average molecular weight is 562 g/mol. The minimum atomic E-state index is -4.67. The van der Waals surface area contributed by atoms with Crippen LogP contribution in [-0.4, -0.2) is 22.0 Å². The molecule has 1 saturated carbocycles. The van der Waals surface area contributed by atoms with E-state index in [9.17, 15) is 28.0 Å². The van der Waals surface area contributed by atoms with Gasteiger partial charge in [0.2, 0.25) is 11.8 Å². The van der Waals surface area contributed by atoms with Crippen LogP contribution in [-0.2, 0) is 15.8 Å². The number of carbonyl (C=O) groups excluding carboxylic acids is 2. The van der Waals surface area contributed by atoms with Gasteiger partial charge in [0.1, 0.15) is 11.1 Å². The van der Waals surface area contributed by atoms with Crippen LogP contribution in [0.25, 0.3) is 11.1 Å². The van der Waals surface area contributed by atoms with E-state index in [-0.39, 0.29) is 28.6 Å². The molecule has 0 N–H and O–H groups in total. The molecule has 11 heteroatoms. The number of carbonyl (C=O) groups is 2. The first kappa shape index (κ1) is 25.6. The lowest BCUT2D eigenvalue weighted by molar-refractivity contribution is -0.137. The minimum Gasteiger partial charge on any atom is -0.274 e. The second-order valence-corrected chi connectivity index (χ2v) is 10.7. The Balaban J connectivity index is 1.51. The van der Waals surface area contributed by atoms with Crippen molar-refractivity contribution in [2.24, 2.45) is 0 Å². The quantitative estimate of drug-likeness (QED) is 0.307. The monoisotopic (exact) mass is 561 g/mol. The number of halogens is 5. The van der Waals surface area contributed by atoms with E-state index in [2.05, 4.69) is 11.1 Å². The van der Waals surface area contributed by atoms with Gasteiger partial charge in [0.05, 0.1) is 27.1 Å². The van der Waals surface area contributed by atoms with E-state index >= 15 is 0 Å². The number of rotatable bonds is 5. The number of aromatic nitrogens is 1. The molecule has 0 unspecified atom stereocenters. The second kappa shape index (κ2) is 9.67. The van der Waals surface area contributed by atoms with Gasteiger partial charge in [-0.05, 0) is 54.8 Å². The van der Waals surface area contributed by atoms with Crippen LogP contribution in [0.5, 0.6) is 0 Å². The molecule has 1 aliphatic carbocycles.